The molecular formula is C9H9N3OS. The molecule has 2 aromatic rings. The van der Waals surface area contributed by atoms with Crippen molar-refractivity contribution >= 4 is 12.6 Å². The van der Waals surface area contributed by atoms with Crippen LogP contribution in [-0.4, -0.2) is 21.9 Å². The van der Waals surface area contributed by atoms with Gasteiger partial charge in [-0.15, -0.1) is 22.8 Å². The van der Waals surface area contributed by atoms with Gasteiger partial charge in [0.25, 0.3) is 0 Å². The van der Waals surface area contributed by atoms with E-state index in [0.29, 0.717) is 5.16 Å². The van der Waals surface area contributed by atoms with E-state index in [1.165, 1.54) is 0 Å². The summed E-state index contributed by atoms with van der Waals surface area (Å²) in [5.41, 5.74) is 0.959. The first kappa shape index (κ1) is 9.08. The first-order valence-corrected chi connectivity index (χ1v) is 4.49. The summed E-state index contributed by atoms with van der Waals surface area (Å²) in [5, 5.41) is 8.09. The zero-order valence-electron chi connectivity index (χ0n) is 7.58. The van der Waals surface area contributed by atoms with E-state index in [0.717, 1.165) is 11.4 Å². The average Bonchev–Trinajstić information content (AvgIpc) is 2.65. The molecule has 0 N–H and O–H groups in total. The summed E-state index contributed by atoms with van der Waals surface area (Å²) in [5.74, 6) is 0.822. The van der Waals surface area contributed by atoms with Crippen LogP contribution in [0.1, 0.15) is 0 Å². The van der Waals surface area contributed by atoms with Crippen molar-refractivity contribution in [2.45, 2.75) is 5.16 Å². The molecule has 72 valence electrons. The minimum atomic E-state index is 0.565. The van der Waals surface area contributed by atoms with Gasteiger partial charge >= 0.3 is 0 Å². The van der Waals surface area contributed by atoms with Gasteiger partial charge in [0.15, 0.2) is 5.16 Å². The summed E-state index contributed by atoms with van der Waals surface area (Å²) in [7, 11) is 1.64. The molecule has 4 nitrogen and oxygen atoms in total. The lowest BCUT2D eigenvalue weighted by molar-refractivity contribution is 0.414. The summed E-state index contributed by atoms with van der Waals surface area (Å²) in [4.78, 5) is 0. The lowest BCUT2D eigenvalue weighted by atomic mass is 10.3. The molecule has 1 aromatic heterocycles. The molecule has 0 saturated heterocycles. The van der Waals surface area contributed by atoms with Crippen molar-refractivity contribution in [3.05, 3.63) is 30.6 Å². The Morgan fingerprint density at radius 1 is 1.29 bits per heavy atom. The van der Waals surface area contributed by atoms with Gasteiger partial charge in [0.2, 0.25) is 0 Å². The zero-order valence-corrected chi connectivity index (χ0v) is 8.48. The molecule has 0 spiro atoms. The SMILES string of the molecule is COc1ccc(-n2cnnc2S)cc1. The standard InChI is InChI=1S/C9H9N3OS/c1-13-8-4-2-7(3-5-8)12-6-10-11-9(12)14/h2-6H,1H3,(H,11,14). The highest BCUT2D eigenvalue weighted by molar-refractivity contribution is 7.80. The number of hydrogen-bond donors (Lipinski definition) is 1. The minimum Gasteiger partial charge on any atom is -0.497 e. The Hall–Kier alpha value is -1.49. The first-order valence-electron chi connectivity index (χ1n) is 4.04. The quantitative estimate of drug-likeness (QED) is 0.760. The molecule has 0 bridgehead atoms. The van der Waals surface area contributed by atoms with E-state index >= 15 is 0 Å². The van der Waals surface area contributed by atoms with Gasteiger partial charge in [-0.05, 0) is 24.3 Å². The van der Waals surface area contributed by atoms with Gasteiger partial charge in [-0.1, -0.05) is 0 Å². The van der Waals surface area contributed by atoms with Crippen LogP contribution in [0.2, 0.25) is 0 Å². The maximum atomic E-state index is 5.06. The largest absolute Gasteiger partial charge is 0.497 e. The highest BCUT2D eigenvalue weighted by atomic mass is 32.1. The molecule has 1 aromatic carbocycles. The van der Waals surface area contributed by atoms with E-state index in [9.17, 15) is 0 Å². The Morgan fingerprint density at radius 2 is 2.00 bits per heavy atom. The smallest absolute Gasteiger partial charge is 0.192 e. The molecule has 5 heteroatoms. The van der Waals surface area contributed by atoms with Crippen LogP contribution in [0.3, 0.4) is 0 Å². The van der Waals surface area contributed by atoms with Crippen LogP contribution >= 0.6 is 12.6 Å². The predicted octanol–water partition coefficient (Wildman–Crippen LogP) is 1.56. The van der Waals surface area contributed by atoms with Crippen LogP contribution in [0.5, 0.6) is 5.75 Å². The van der Waals surface area contributed by atoms with Crippen molar-refractivity contribution in [1.82, 2.24) is 14.8 Å². The molecule has 0 saturated carbocycles. The molecule has 1 heterocycles. The number of benzene rings is 1. The molecular weight excluding hydrogens is 198 g/mol. The lowest BCUT2D eigenvalue weighted by Gasteiger charge is -2.04. The summed E-state index contributed by atoms with van der Waals surface area (Å²) in [6.07, 6.45) is 1.62. The van der Waals surface area contributed by atoms with Crippen molar-refractivity contribution in [3.63, 3.8) is 0 Å². The van der Waals surface area contributed by atoms with Crippen LogP contribution < -0.4 is 4.74 Å². The fourth-order valence-electron chi connectivity index (χ4n) is 1.15. The van der Waals surface area contributed by atoms with E-state index in [1.54, 1.807) is 18.0 Å². The van der Waals surface area contributed by atoms with Crippen molar-refractivity contribution < 1.29 is 4.74 Å². The Morgan fingerprint density at radius 3 is 2.50 bits per heavy atom. The summed E-state index contributed by atoms with van der Waals surface area (Å²) in [6, 6.07) is 7.59. The molecule has 0 aliphatic carbocycles. The van der Waals surface area contributed by atoms with Crippen molar-refractivity contribution in [1.29, 1.82) is 0 Å². The van der Waals surface area contributed by atoms with Gasteiger partial charge < -0.3 is 4.74 Å². The molecule has 0 fully saturated rings. The third-order valence-electron chi connectivity index (χ3n) is 1.88. The topological polar surface area (TPSA) is 39.9 Å². The monoisotopic (exact) mass is 207 g/mol. The fourth-order valence-corrected chi connectivity index (χ4v) is 1.37. The van der Waals surface area contributed by atoms with E-state index < -0.39 is 0 Å². The summed E-state index contributed by atoms with van der Waals surface area (Å²) in [6.45, 7) is 0. The van der Waals surface area contributed by atoms with E-state index in [4.69, 9.17) is 4.74 Å². The highest BCUT2D eigenvalue weighted by Gasteiger charge is 2.01. The van der Waals surface area contributed by atoms with Crippen molar-refractivity contribution in [2.75, 3.05) is 7.11 Å². The minimum absolute atomic E-state index is 0.565. The van der Waals surface area contributed by atoms with E-state index in [1.807, 2.05) is 24.3 Å². The van der Waals surface area contributed by atoms with Crippen LogP contribution in [0.15, 0.2) is 35.7 Å². The predicted molar refractivity (Wildman–Crippen MR) is 55.2 cm³/mol. The normalized spacial score (nSPS) is 10.1. The lowest BCUT2D eigenvalue weighted by Crippen LogP contribution is -1.92. The van der Waals surface area contributed by atoms with Gasteiger partial charge in [-0.3, -0.25) is 4.57 Å². The molecule has 0 radical (unpaired) electrons. The number of hydrogen-bond acceptors (Lipinski definition) is 4. The number of methoxy groups -OCH3 is 1. The number of ether oxygens (including phenoxy) is 1. The molecule has 2 rings (SSSR count). The molecule has 14 heavy (non-hydrogen) atoms. The van der Waals surface area contributed by atoms with Crippen molar-refractivity contribution in [2.24, 2.45) is 0 Å². The number of aromatic nitrogens is 3. The van der Waals surface area contributed by atoms with Gasteiger partial charge in [-0.25, -0.2) is 0 Å². The Kier molecular flexibility index (Phi) is 2.41. The second-order valence-corrected chi connectivity index (χ2v) is 3.10. The average molecular weight is 207 g/mol. The second kappa shape index (κ2) is 3.71. The second-order valence-electron chi connectivity index (χ2n) is 2.70. The molecule has 0 atom stereocenters. The Bertz CT molecular complexity index is 424. The summed E-state index contributed by atoms with van der Waals surface area (Å²) >= 11 is 4.17. The Labute approximate surface area is 86.9 Å². The number of nitrogens with zero attached hydrogens (tertiary/aromatic N) is 3. The fraction of sp³-hybridized carbons (Fsp3) is 0.111. The first-order chi connectivity index (χ1) is 6.81. The molecule has 0 aliphatic rings. The van der Waals surface area contributed by atoms with E-state index in [-0.39, 0.29) is 0 Å². The molecule has 0 amide bonds. The third kappa shape index (κ3) is 1.58. The molecule has 0 aliphatic heterocycles. The van der Waals surface area contributed by atoms with Crippen LogP contribution in [0, 0.1) is 0 Å². The van der Waals surface area contributed by atoms with Crippen LogP contribution in [0.25, 0.3) is 5.69 Å². The molecule has 0 unspecified atom stereocenters. The maximum absolute atomic E-state index is 5.06. The van der Waals surface area contributed by atoms with Crippen molar-refractivity contribution in [3.8, 4) is 11.4 Å². The van der Waals surface area contributed by atoms with E-state index in [2.05, 4.69) is 22.8 Å². The van der Waals surface area contributed by atoms with Gasteiger partial charge in [0, 0.05) is 5.69 Å². The number of thiol groups is 1. The van der Waals surface area contributed by atoms with Gasteiger partial charge in [0.1, 0.15) is 12.1 Å². The Balaban J connectivity index is 2.39. The third-order valence-corrected chi connectivity index (χ3v) is 2.19. The maximum Gasteiger partial charge on any atom is 0.192 e. The van der Waals surface area contributed by atoms with Crippen LogP contribution in [-0.2, 0) is 0 Å². The summed E-state index contributed by atoms with van der Waals surface area (Å²) < 4.78 is 6.84. The zero-order chi connectivity index (χ0) is 9.97. The van der Waals surface area contributed by atoms with Crippen LogP contribution in [0.4, 0.5) is 0 Å². The number of rotatable bonds is 2. The van der Waals surface area contributed by atoms with Gasteiger partial charge in [0.05, 0.1) is 7.11 Å². The highest BCUT2D eigenvalue weighted by Crippen LogP contribution is 2.16. The van der Waals surface area contributed by atoms with Gasteiger partial charge in [-0.2, -0.15) is 0 Å².